The smallest absolute Gasteiger partial charge is 0.330 e. The molecule has 7 heteroatoms. The molecule has 0 aromatic heterocycles. The first-order valence-electron chi connectivity index (χ1n) is 7.73. The van der Waals surface area contributed by atoms with Gasteiger partial charge in [-0.3, -0.25) is 0 Å². The van der Waals surface area contributed by atoms with Gasteiger partial charge >= 0.3 is 12.3 Å². The highest BCUT2D eigenvalue weighted by molar-refractivity contribution is 5.31. The minimum atomic E-state index is -4.22. The fourth-order valence-electron chi connectivity index (χ4n) is 1.84. The molecule has 1 aromatic carbocycles. The third-order valence-corrected chi connectivity index (χ3v) is 3.89. The molecular weight excluding hydrogens is 328 g/mol. The molecule has 0 aliphatic heterocycles. The van der Waals surface area contributed by atoms with Crippen molar-refractivity contribution in [2.75, 3.05) is 19.8 Å². The third kappa shape index (κ3) is 6.28. The fraction of sp³-hybridized carbons (Fsp3) is 0.647. The van der Waals surface area contributed by atoms with E-state index >= 15 is 0 Å². The Labute approximate surface area is 139 Å². The largest absolute Gasteiger partial charge is 0.491 e. The van der Waals surface area contributed by atoms with Gasteiger partial charge in [-0.1, -0.05) is 32.9 Å². The summed E-state index contributed by atoms with van der Waals surface area (Å²) in [6, 6.07) is 7.35. The summed E-state index contributed by atoms with van der Waals surface area (Å²) >= 11 is 0. The van der Waals surface area contributed by atoms with Crippen molar-refractivity contribution in [3.05, 3.63) is 29.8 Å². The predicted octanol–water partition coefficient (Wildman–Crippen LogP) is 4.03. The van der Waals surface area contributed by atoms with Crippen LogP contribution >= 0.6 is 0 Å². The number of rotatable bonds is 10. The van der Waals surface area contributed by atoms with Crippen molar-refractivity contribution >= 4 is 0 Å². The summed E-state index contributed by atoms with van der Waals surface area (Å²) in [7, 11) is 0. The molecule has 0 aliphatic rings. The highest BCUT2D eigenvalue weighted by Gasteiger charge is 2.41. The molecular formula is C17H24F4O3. The van der Waals surface area contributed by atoms with Crippen LogP contribution in [0.1, 0.15) is 32.8 Å². The number of halogens is 4. The van der Waals surface area contributed by atoms with Crippen LogP contribution in [-0.4, -0.2) is 43.4 Å². The van der Waals surface area contributed by atoms with Crippen LogP contribution in [0, 0.1) is 0 Å². The Hall–Kier alpha value is -1.34. The standard InChI is InChI=1S/C17H24F4O3/c1-4-16(2,3)12-5-7-14(8-6-12)24-10-13(22)9-23-11-17(20,21)15(18)19/h5-8,13,15,22H,4,9-11H2,1-3H3. The molecule has 0 aliphatic carbocycles. The van der Waals surface area contributed by atoms with Gasteiger partial charge in [-0.15, -0.1) is 0 Å². The van der Waals surface area contributed by atoms with Crippen molar-refractivity contribution in [2.45, 2.75) is 51.1 Å². The average Bonchev–Trinajstić information content (AvgIpc) is 2.53. The van der Waals surface area contributed by atoms with Crippen LogP contribution in [0.15, 0.2) is 24.3 Å². The van der Waals surface area contributed by atoms with E-state index in [0.29, 0.717) is 5.75 Å². The van der Waals surface area contributed by atoms with Crippen molar-refractivity contribution in [3.63, 3.8) is 0 Å². The zero-order valence-corrected chi connectivity index (χ0v) is 14.1. The zero-order valence-electron chi connectivity index (χ0n) is 14.1. The second-order valence-corrected chi connectivity index (χ2v) is 6.30. The summed E-state index contributed by atoms with van der Waals surface area (Å²) in [6.07, 6.45) is -4.01. The number of hydrogen-bond acceptors (Lipinski definition) is 3. The molecule has 0 bridgehead atoms. The molecule has 1 aromatic rings. The highest BCUT2D eigenvalue weighted by atomic mass is 19.3. The first-order valence-corrected chi connectivity index (χ1v) is 7.73. The van der Waals surface area contributed by atoms with Gasteiger partial charge in [0.2, 0.25) is 0 Å². The van der Waals surface area contributed by atoms with Gasteiger partial charge in [0.05, 0.1) is 6.61 Å². The molecule has 3 nitrogen and oxygen atoms in total. The fourth-order valence-corrected chi connectivity index (χ4v) is 1.84. The van der Waals surface area contributed by atoms with E-state index in [9.17, 15) is 22.7 Å². The maximum Gasteiger partial charge on any atom is 0.330 e. The molecule has 0 spiro atoms. The molecule has 0 saturated heterocycles. The highest BCUT2D eigenvalue weighted by Crippen LogP contribution is 2.28. The topological polar surface area (TPSA) is 38.7 Å². The lowest BCUT2D eigenvalue weighted by atomic mass is 9.82. The molecule has 1 rings (SSSR count). The zero-order chi connectivity index (χ0) is 18.4. The van der Waals surface area contributed by atoms with Gasteiger partial charge < -0.3 is 14.6 Å². The molecule has 0 radical (unpaired) electrons. The first kappa shape index (κ1) is 20.7. The van der Waals surface area contributed by atoms with E-state index in [1.54, 1.807) is 12.1 Å². The summed E-state index contributed by atoms with van der Waals surface area (Å²) in [4.78, 5) is 0. The molecule has 0 saturated carbocycles. The van der Waals surface area contributed by atoms with Crippen LogP contribution < -0.4 is 4.74 Å². The first-order chi connectivity index (χ1) is 11.1. The lowest BCUT2D eigenvalue weighted by Gasteiger charge is -2.23. The maximum absolute atomic E-state index is 12.6. The number of ether oxygens (including phenoxy) is 2. The number of alkyl halides is 4. The average molecular weight is 352 g/mol. The minimum Gasteiger partial charge on any atom is -0.491 e. The Morgan fingerprint density at radius 1 is 1.08 bits per heavy atom. The molecule has 1 unspecified atom stereocenters. The molecule has 0 amide bonds. The quantitative estimate of drug-likeness (QED) is 0.646. The van der Waals surface area contributed by atoms with Crippen LogP contribution in [0.4, 0.5) is 17.6 Å². The van der Waals surface area contributed by atoms with Gasteiger partial charge in [-0.25, -0.2) is 8.78 Å². The molecule has 138 valence electrons. The lowest BCUT2D eigenvalue weighted by molar-refractivity contribution is -0.171. The van der Waals surface area contributed by atoms with Crippen molar-refractivity contribution in [2.24, 2.45) is 0 Å². The Morgan fingerprint density at radius 2 is 1.67 bits per heavy atom. The Balaban J connectivity index is 2.38. The monoisotopic (exact) mass is 352 g/mol. The Morgan fingerprint density at radius 3 is 2.17 bits per heavy atom. The Kier molecular flexibility index (Phi) is 7.48. The van der Waals surface area contributed by atoms with E-state index in [4.69, 9.17) is 4.74 Å². The summed E-state index contributed by atoms with van der Waals surface area (Å²) in [6.45, 7) is 4.21. The molecule has 0 fully saturated rings. The lowest BCUT2D eigenvalue weighted by Crippen LogP contribution is -2.34. The third-order valence-electron chi connectivity index (χ3n) is 3.89. The minimum absolute atomic E-state index is 0.0435. The normalized spacial score (nSPS) is 14.0. The number of hydrogen-bond donors (Lipinski definition) is 1. The van der Waals surface area contributed by atoms with E-state index in [0.717, 1.165) is 12.0 Å². The van der Waals surface area contributed by atoms with E-state index in [1.807, 2.05) is 12.1 Å². The second kappa shape index (κ2) is 8.67. The van der Waals surface area contributed by atoms with Gasteiger partial charge in [-0.2, -0.15) is 8.78 Å². The van der Waals surface area contributed by atoms with Crippen LogP contribution in [0.2, 0.25) is 0 Å². The molecule has 24 heavy (non-hydrogen) atoms. The summed E-state index contributed by atoms with van der Waals surface area (Å²) in [5.41, 5.74) is 1.19. The van der Waals surface area contributed by atoms with Crippen molar-refractivity contribution in [3.8, 4) is 5.75 Å². The number of aliphatic hydroxyl groups excluding tert-OH is 1. The van der Waals surface area contributed by atoms with Gasteiger partial charge in [0.15, 0.2) is 0 Å². The van der Waals surface area contributed by atoms with E-state index in [1.165, 1.54) is 0 Å². The SMILES string of the molecule is CCC(C)(C)c1ccc(OCC(O)COCC(F)(F)C(F)F)cc1. The van der Waals surface area contributed by atoms with E-state index in [-0.39, 0.29) is 12.0 Å². The number of aliphatic hydroxyl groups is 1. The molecule has 1 atom stereocenters. The van der Waals surface area contributed by atoms with Crippen LogP contribution in [0.25, 0.3) is 0 Å². The van der Waals surface area contributed by atoms with Crippen molar-refractivity contribution in [1.29, 1.82) is 0 Å². The van der Waals surface area contributed by atoms with Gasteiger partial charge in [0.25, 0.3) is 0 Å². The van der Waals surface area contributed by atoms with E-state index in [2.05, 4.69) is 25.5 Å². The van der Waals surface area contributed by atoms with Crippen LogP contribution in [0.3, 0.4) is 0 Å². The molecule has 0 heterocycles. The predicted molar refractivity (Wildman–Crippen MR) is 83.0 cm³/mol. The Bertz CT molecular complexity index is 489. The van der Waals surface area contributed by atoms with Crippen LogP contribution in [0.5, 0.6) is 5.75 Å². The van der Waals surface area contributed by atoms with Gasteiger partial charge in [0.1, 0.15) is 25.1 Å². The summed E-state index contributed by atoms with van der Waals surface area (Å²) in [5, 5.41) is 9.59. The van der Waals surface area contributed by atoms with Crippen molar-refractivity contribution < 1.29 is 32.1 Å². The summed E-state index contributed by atoms with van der Waals surface area (Å²) < 4.78 is 58.9. The van der Waals surface area contributed by atoms with Gasteiger partial charge in [0, 0.05) is 0 Å². The molecule has 1 N–H and O–H groups in total. The summed E-state index contributed by atoms with van der Waals surface area (Å²) in [5.74, 6) is -3.70. The second-order valence-electron chi connectivity index (χ2n) is 6.30. The van der Waals surface area contributed by atoms with E-state index < -0.39 is 31.7 Å². The van der Waals surface area contributed by atoms with Crippen LogP contribution in [-0.2, 0) is 10.2 Å². The maximum atomic E-state index is 12.6. The van der Waals surface area contributed by atoms with Gasteiger partial charge in [-0.05, 0) is 29.5 Å². The number of benzene rings is 1. The van der Waals surface area contributed by atoms with Crippen molar-refractivity contribution in [1.82, 2.24) is 0 Å².